The van der Waals surface area contributed by atoms with E-state index in [0.29, 0.717) is 12.0 Å². The number of alkyl halides is 3. The van der Waals surface area contributed by atoms with E-state index in [-0.39, 0.29) is 18.5 Å². The molecular formula is C13H14F3NO2. The van der Waals surface area contributed by atoms with Crippen LogP contribution >= 0.6 is 0 Å². The number of carbonyl (C=O) groups excluding carboxylic acids is 1. The topological polar surface area (TPSA) is 40.5 Å². The van der Waals surface area contributed by atoms with Crippen LogP contribution in [0.4, 0.5) is 13.2 Å². The minimum atomic E-state index is -4.37. The van der Waals surface area contributed by atoms with Gasteiger partial charge in [0, 0.05) is 13.5 Å². The van der Waals surface area contributed by atoms with Gasteiger partial charge in [0.15, 0.2) is 0 Å². The van der Waals surface area contributed by atoms with Gasteiger partial charge in [-0.15, -0.1) is 0 Å². The number of likely N-dealkylation sites (tertiary alicyclic amines) is 1. The van der Waals surface area contributed by atoms with Crippen molar-refractivity contribution in [3.63, 3.8) is 0 Å². The molecule has 0 saturated carbocycles. The van der Waals surface area contributed by atoms with Crippen molar-refractivity contribution >= 4 is 5.91 Å². The van der Waals surface area contributed by atoms with E-state index in [1.54, 1.807) is 0 Å². The fourth-order valence-corrected chi connectivity index (χ4v) is 2.37. The number of hydrogen-bond donors (Lipinski definition) is 1. The van der Waals surface area contributed by atoms with Crippen LogP contribution in [-0.4, -0.2) is 28.6 Å². The van der Waals surface area contributed by atoms with Crippen LogP contribution in [0.15, 0.2) is 24.3 Å². The van der Waals surface area contributed by atoms with Gasteiger partial charge in [-0.1, -0.05) is 12.1 Å². The average molecular weight is 273 g/mol. The fraction of sp³-hybridized carbons (Fsp3) is 0.462. The summed E-state index contributed by atoms with van der Waals surface area (Å²) in [5.41, 5.74) is -0.107. The second-order valence-electron chi connectivity index (χ2n) is 4.70. The minimum Gasteiger partial charge on any atom is -0.391 e. The van der Waals surface area contributed by atoms with Crippen LogP contribution in [0, 0.1) is 0 Å². The molecule has 1 aromatic rings. The van der Waals surface area contributed by atoms with E-state index < -0.39 is 17.8 Å². The highest BCUT2D eigenvalue weighted by molar-refractivity contribution is 5.74. The Bertz CT molecular complexity index is 470. The zero-order chi connectivity index (χ0) is 14.2. The van der Waals surface area contributed by atoms with Gasteiger partial charge in [0.25, 0.3) is 0 Å². The molecule has 1 aliphatic rings. The van der Waals surface area contributed by atoms with E-state index in [0.717, 1.165) is 12.1 Å². The van der Waals surface area contributed by atoms with Crippen LogP contribution in [0.2, 0.25) is 0 Å². The van der Waals surface area contributed by atoms with Gasteiger partial charge in [0.2, 0.25) is 5.91 Å². The molecule has 1 amide bonds. The minimum absolute atomic E-state index is 0.193. The number of hydrogen-bond acceptors (Lipinski definition) is 2. The van der Waals surface area contributed by atoms with Crippen molar-refractivity contribution in [2.24, 2.45) is 0 Å². The molecule has 0 bridgehead atoms. The molecule has 1 aliphatic heterocycles. The molecule has 2 rings (SSSR count). The number of nitrogens with zero attached hydrogens (tertiary/aromatic N) is 1. The second-order valence-corrected chi connectivity index (χ2v) is 4.70. The van der Waals surface area contributed by atoms with Crippen molar-refractivity contribution in [1.82, 2.24) is 4.90 Å². The molecule has 1 heterocycles. The van der Waals surface area contributed by atoms with Gasteiger partial charge in [0.05, 0.1) is 17.7 Å². The summed E-state index contributed by atoms with van der Waals surface area (Å²) in [5, 5.41) is 9.59. The van der Waals surface area contributed by atoms with Crippen molar-refractivity contribution in [1.29, 1.82) is 0 Å². The lowest BCUT2D eigenvalue weighted by Crippen LogP contribution is -2.29. The average Bonchev–Trinajstić information content (AvgIpc) is 2.70. The first kappa shape index (κ1) is 13.9. The number of benzene rings is 1. The summed E-state index contributed by atoms with van der Waals surface area (Å²) in [6.07, 6.45) is -4.64. The van der Waals surface area contributed by atoms with Crippen molar-refractivity contribution < 1.29 is 23.1 Å². The Labute approximate surface area is 108 Å². The Balaban J connectivity index is 2.24. The molecule has 0 spiro atoms. The summed E-state index contributed by atoms with van der Waals surface area (Å²) in [6.45, 7) is 1.61. The van der Waals surface area contributed by atoms with Gasteiger partial charge in [-0.3, -0.25) is 4.79 Å². The summed E-state index contributed by atoms with van der Waals surface area (Å²) < 4.78 is 37.4. The predicted octanol–water partition coefficient (Wildman–Crippen LogP) is 2.36. The van der Waals surface area contributed by atoms with Crippen molar-refractivity contribution in [3.05, 3.63) is 35.4 Å². The molecule has 6 heteroatoms. The van der Waals surface area contributed by atoms with Crippen LogP contribution in [0.25, 0.3) is 0 Å². The predicted molar refractivity (Wildman–Crippen MR) is 62.2 cm³/mol. The van der Waals surface area contributed by atoms with Gasteiger partial charge >= 0.3 is 6.18 Å². The Morgan fingerprint density at radius 1 is 1.32 bits per heavy atom. The highest BCUT2D eigenvalue weighted by atomic mass is 19.4. The number of carbonyl (C=O) groups is 1. The molecule has 2 atom stereocenters. The van der Waals surface area contributed by atoms with Crippen LogP contribution < -0.4 is 0 Å². The first-order valence-corrected chi connectivity index (χ1v) is 5.91. The van der Waals surface area contributed by atoms with E-state index in [4.69, 9.17) is 0 Å². The standard InChI is InChI=1S/C13H14F3NO2/c1-8(18)17-7-11(19)6-12(17)9-2-4-10(5-3-9)13(14,15)16/h2-5,11-12,19H,6-7H2,1H3/t11-,12+/m0/s1. The van der Waals surface area contributed by atoms with Crippen molar-refractivity contribution in [2.75, 3.05) is 6.54 Å². The quantitative estimate of drug-likeness (QED) is 0.853. The molecule has 0 aromatic heterocycles. The van der Waals surface area contributed by atoms with Gasteiger partial charge in [-0.25, -0.2) is 0 Å². The van der Waals surface area contributed by atoms with E-state index in [1.165, 1.54) is 24.0 Å². The molecular weight excluding hydrogens is 259 g/mol. The number of aliphatic hydroxyl groups is 1. The van der Waals surface area contributed by atoms with E-state index in [2.05, 4.69) is 0 Å². The van der Waals surface area contributed by atoms with E-state index in [9.17, 15) is 23.1 Å². The summed E-state index contributed by atoms with van der Waals surface area (Å²) in [6, 6.07) is 4.37. The number of halogens is 3. The number of β-amino-alcohol motifs (C(OH)–C–C–N with tert-alkyl or cyclic N) is 1. The van der Waals surface area contributed by atoms with E-state index >= 15 is 0 Å². The summed E-state index contributed by atoms with van der Waals surface area (Å²) in [5.74, 6) is -0.193. The fourth-order valence-electron chi connectivity index (χ4n) is 2.37. The lowest BCUT2D eigenvalue weighted by atomic mass is 10.0. The summed E-state index contributed by atoms with van der Waals surface area (Å²) >= 11 is 0. The Morgan fingerprint density at radius 2 is 1.89 bits per heavy atom. The van der Waals surface area contributed by atoms with Crippen molar-refractivity contribution in [3.8, 4) is 0 Å². The molecule has 1 fully saturated rings. The molecule has 1 saturated heterocycles. The second kappa shape index (κ2) is 4.85. The lowest BCUT2D eigenvalue weighted by Gasteiger charge is -2.23. The van der Waals surface area contributed by atoms with Crippen LogP contribution in [0.1, 0.15) is 30.5 Å². The maximum Gasteiger partial charge on any atom is 0.416 e. The largest absolute Gasteiger partial charge is 0.416 e. The Kier molecular flexibility index (Phi) is 3.54. The molecule has 1 N–H and O–H groups in total. The number of rotatable bonds is 1. The molecule has 19 heavy (non-hydrogen) atoms. The zero-order valence-electron chi connectivity index (χ0n) is 10.3. The number of aliphatic hydroxyl groups excluding tert-OH is 1. The third-order valence-corrected chi connectivity index (χ3v) is 3.31. The molecule has 104 valence electrons. The first-order chi connectivity index (χ1) is 8.79. The van der Waals surface area contributed by atoms with Gasteiger partial charge in [-0.05, 0) is 24.1 Å². The maximum atomic E-state index is 12.5. The highest BCUT2D eigenvalue weighted by Crippen LogP contribution is 2.34. The molecule has 0 aliphatic carbocycles. The van der Waals surface area contributed by atoms with Gasteiger partial charge in [0.1, 0.15) is 0 Å². The highest BCUT2D eigenvalue weighted by Gasteiger charge is 2.35. The van der Waals surface area contributed by atoms with Crippen LogP contribution in [0.3, 0.4) is 0 Å². The first-order valence-electron chi connectivity index (χ1n) is 5.91. The SMILES string of the molecule is CC(=O)N1C[C@@H](O)C[C@@H]1c1ccc(C(F)(F)F)cc1. The normalized spacial score (nSPS) is 23.7. The smallest absolute Gasteiger partial charge is 0.391 e. The molecule has 0 unspecified atom stereocenters. The molecule has 0 radical (unpaired) electrons. The zero-order valence-corrected chi connectivity index (χ0v) is 10.3. The summed E-state index contributed by atoms with van der Waals surface area (Å²) in [4.78, 5) is 12.9. The number of amides is 1. The molecule has 1 aromatic carbocycles. The Morgan fingerprint density at radius 3 is 2.37 bits per heavy atom. The monoisotopic (exact) mass is 273 g/mol. The van der Waals surface area contributed by atoms with Crippen molar-refractivity contribution in [2.45, 2.75) is 31.7 Å². The van der Waals surface area contributed by atoms with E-state index in [1.807, 2.05) is 0 Å². The maximum absolute atomic E-state index is 12.5. The summed E-state index contributed by atoms with van der Waals surface area (Å²) in [7, 11) is 0. The Hall–Kier alpha value is -1.56. The van der Waals surface area contributed by atoms with Gasteiger partial charge < -0.3 is 10.0 Å². The third-order valence-electron chi connectivity index (χ3n) is 3.31. The van der Waals surface area contributed by atoms with Gasteiger partial charge in [-0.2, -0.15) is 13.2 Å². The lowest BCUT2D eigenvalue weighted by molar-refractivity contribution is -0.137. The molecule has 3 nitrogen and oxygen atoms in total. The third kappa shape index (κ3) is 2.89. The van der Waals surface area contributed by atoms with Crippen LogP contribution in [0.5, 0.6) is 0 Å². The van der Waals surface area contributed by atoms with Crippen LogP contribution in [-0.2, 0) is 11.0 Å².